The number of fused-ring (bicyclic) bond motifs is 1. The van der Waals surface area contributed by atoms with E-state index in [1.54, 1.807) is 6.07 Å². The van der Waals surface area contributed by atoms with Gasteiger partial charge in [0.25, 0.3) is 5.91 Å². The Morgan fingerprint density at radius 3 is 2.66 bits per heavy atom. The Kier molecular flexibility index (Phi) is 6.88. The van der Waals surface area contributed by atoms with E-state index in [1.165, 1.54) is 34.2 Å². The van der Waals surface area contributed by atoms with Crippen LogP contribution in [0, 0.1) is 5.82 Å². The molecule has 1 heterocycles. The number of benzene rings is 1. The van der Waals surface area contributed by atoms with Gasteiger partial charge in [-0.3, -0.25) is 19.4 Å². The van der Waals surface area contributed by atoms with Gasteiger partial charge in [-0.25, -0.2) is 9.18 Å². The summed E-state index contributed by atoms with van der Waals surface area (Å²) in [6.07, 6.45) is 4.38. The maximum Gasteiger partial charge on any atom is 0.331 e. The van der Waals surface area contributed by atoms with Gasteiger partial charge in [-0.2, -0.15) is 5.10 Å². The van der Waals surface area contributed by atoms with E-state index in [9.17, 15) is 28.7 Å². The molecule has 1 atom stereocenters. The number of carboxylic acid groups (broad SMARTS) is 1. The number of hydrogen-bond donors (Lipinski definition) is 3. The topological polar surface area (TPSA) is 145 Å². The molecule has 1 aliphatic heterocycles. The first-order valence-electron chi connectivity index (χ1n) is 10.9. The highest BCUT2D eigenvalue weighted by Crippen LogP contribution is 2.32. The molecule has 3 aliphatic rings. The van der Waals surface area contributed by atoms with Gasteiger partial charge >= 0.3 is 5.97 Å². The second-order valence-corrected chi connectivity index (χ2v) is 8.90. The first-order chi connectivity index (χ1) is 16.7. The minimum atomic E-state index is -1.11. The molecule has 0 radical (unpaired) electrons. The molecule has 0 aromatic heterocycles. The van der Waals surface area contributed by atoms with Gasteiger partial charge in [0.15, 0.2) is 5.71 Å². The summed E-state index contributed by atoms with van der Waals surface area (Å²) in [5.74, 6) is -3.38. The van der Waals surface area contributed by atoms with Crippen LogP contribution < -0.4 is 11.1 Å². The molecule has 0 bridgehead atoms. The lowest BCUT2D eigenvalue weighted by atomic mass is 9.91. The Morgan fingerprint density at radius 2 is 2.00 bits per heavy atom. The Labute approximate surface area is 204 Å². The zero-order valence-corrected chi connectivity index (χ0v) is 19.3. The van der Waals surface area contributed by atoms with Gasteiger partial charge in [0.1, 0.15) is 12.4 Å². The molecule has 1 fully saturated rings. The summed E-state index contributed by atoms with van der Waals surface area (Å²) in [4.78, 5) is 50.4. The number of rotatable bonds is 9. The van der Waals surface area contributed by atoms with Crippen molar-refractivity contribution in [2.45, 2.75) is 37.9 Å². The Hall–Kier alpha value is -3.73. The minimum absolute atomic E-state index is 0.0252. The summed E-state index contributed by atoms with van der Waals surface area (Å²) >= 11 is 5.77. The molecule has 1 unspecified atom stereocenters. The third kappa shape index (κ3) is 5.35. The lowest BCUT2D eigenvalue weighted by molar-refractivity contribution is -0.137. The summed E-state index contributed by atoms with van der Waals surface area (Å²) in [5.41, 5.74) is 6.18. The van der Waals surface area contributed by atoms with Gasteiger partial charge in [-0.1, -0.05) is 35.9 Å². The zero-order valence-electron chi connectivity index (χ0n) is 18.5. The third-order valence-electron chi connectivity index (χ3n) is 6.03. The maximum atomic E-state index is 14.1. The molecular formula is C23H23ClFN5O5. The van der Waals surface area contributed by atoms with Crippen LogP contribution in [-0.2, 0) is 25.7 Å². The van der Waals surface area contributed by atoms with Crippen molar-refractivity contribution in [3.8, 4) is 0 Å². The van der Waals surface area contributed by atoms with Crippen molar-refractivity contribution in [2.75, 3.05) is 13.1 Å². The zero-order chi connectivity index (χ0) is 25.3. The number of nitrogens with two attached hydrogens (primary N) is 1. The quantitative estimate of drug-likeness (QED) is 0.457. The molecule has 35 heavy (non-hydrogen) atoms. The molecule has 4 rings (SSSR count). The fraction of sp³-hybridized carbons (Fsp3) is 0.348. The number of nitrogens with zero attached hydrogens (tertiary/aromatic N) is 3. The Morgan fingerprint density at radius 1 is 1.26 bits per heavy atom. The lowest BCUT2D eigenvalue weighted by Crippen LogP contribution is -2.46. The number of allylic oxidation sites excluding steroid dienone is 2. The Balaban J connectivity index is 1.42. The van der Waals surface area contributed by atoms with Crippen molar-refractivity contribution < 1.29 is 28.7 Å². The molecule has 0 spiro atoms. The van der Waals surface area contributed by atoms with E-state index in [1.807, 2.05) is 0 Å². The Bertz CT molecular complexity index is 1190. The summed E-state index contributed by atoms with van der Waals surface area (Å²) < 4.78 is 14.1. The van der Waals surface area contributed by atoms with Crippen LogP contribution in [0.25, 0.3) is 0 Å². The smallest absolute Gasteiger partial charge is 0.331 e. The molecule has 1 aromatic carbocycles. The number of aliphatic carboxylic acids is 1. The summed E-state index contributed by atoms with van der Waals surface area (Å²) in [7, 11) is 0. The molecule has 4 N–H and O–H groups in total. The average molecular weight is 504 g/mol. The largest absolute Gasteiger partial charge is 0.478 e. The number of hydrazone groups is 1. The van der Waals surface area contributed by atoms with Crippen molar-refractivity contribution in [1.82, 2.24) is 15.2 Å². The van der Waals surface area contributed by atoms with E-state index < -0.39 is 35.5 Å². The normalized spacial score (nSPS) is 18.7. The fourth-order valence-electron chi connectivity index (χ4n) is 4.07. The second-order valence-electron chi connectivity index (χ2n) is 8.49. The van der Waals surface area contributed by atoms with Crippen molar-refractivity contribution in [3.63, 3.8) is 0 Å². The highest BCUT2D eigenvalue weighted by Gasteiger charge is 2.40. The monoisotopic (exact) mass is 503 g/mol. The molecule has 2 aliphatic carbocycles. The standard InChI is InChI=1S/C23H23ClFN5O5/c24-16-3-1-2-13(20(16)25)9-27-18(31)10-29(14-5-6-14)19(32)11-30-17-8-12(23(34)35)4-7-15(17)21(28-30)22(26)33/h1-4,7,14,17H,5-6,8-11H2,(H2,26,33)(H,27,31)(H,34,35). The van der Waals surface area contributed by atoms with Gasteiger partial charge in [0.2, 0.25) is 11.8 Å². The summed E-state index contributed by atoms with van der Waals surface area (Å²) in [6, 6.07) is 3.74. The fourth-order valence-corrected chi connectivity index (χ4v) is 4.26. The number of carbonyl (C=O) groups excluding carboxylic acids is 3. The number of amides is 3. The highest BCUT2D eigenvalue weighted by atomic mass is 35.5. The third-order valence-corrected chi connectivity index (χ3v) is 6.32. The van der Waals surface area contributed by atoms with Crippen LogP contribution in [0.2, 0.25) is 5.02 Å². The molecule has 1 saturated carbocycles. The van der Waals surface area contributed by atoms with E-state index in [4.69, 9.17) is 17.3 Å². The van der Waals surface area contributed by atoms with Crippen LogP contribution >= 0.6 is 11.6 Å². The molecule has 10 nitrogen and oxygen atoms in total. The number of nitrogens with one attached hydrogen (secondary N) is 1. The van der Waals surface area contributed by atoms with Crippen LogP contribution in [0.15, 0.2) is 46.6 Å². The predicted octanol–water partition coefficient (Wildman–Crippen LogP) is 0.953. The number of carbonyl (C=O) groups is 4. The van der Waals surface area contributed by atoms with Crippen molar-refractivity contribution in [1.29, 1.82) is 0 Å². The lowest BCUT2D eigenvalue weighted by Gasteiger charge is -2.29. The van der Waals surface area contributed by atoms with Crippen LogP contribution in [0.1, 0.15) is 24.8 Å². The number of carboxylic acids is 1. The van der Waals surface area contributed by atoms with Crippen molar-refractivity contribution in [2.24, 2.45) is 10.8 Å². The second kappa shape index (κ2) is 9.87. The average Bonchev–Trinajstić information content (AvgIpc) is 3.59. The highest BCUT2D eigenvalue weighted by molar-refractivity contribution is 6.45. The van der Waals surface area contributed by atoms with Crippen LogP contribution in [-0.4, -0.2) is 69.6 Å². The maximum absolute atomic E-state index is 14.1. The number of primary amides is 1. The molecular weight excluding hydrogens is 481 g/mol. The van der Waals surface area contributed by atoms with E-state index >= 15 is 0 Å². The van der Waals surface area contributed by atoms with Crippen LogP contribution in [0.3, 0.4) is 0 Å². The van der Waals surface area contributed by atoms with Gasteiger partial charge in [-0.15, -0.1) is 0 Å². The van der Waals surface area contributed by atoms with E-state index in [-0.39, 0.29) is 54.0 Å². The SMILES string of the molecule is NC(=O)C1=NN(CC(=O)N(CC(=O)NCc2cccc(Cl)c2F)C2CC2)C2CC(C(=O)O)=CC=C12. The molecule has 12 heteroatoms. The first-order valence-corrected chi connectivity index (χ1v) is 11.3. The van der Waals surface area contributed by atoms with Gasteiger partial charge in [0.05, 0.1) is 17.6 Å². The van der Waals surface area contributed by atoms with E-state index in [2.05, 4.69) is 10.4 Å². The van der Waals surface area contributed by atoms with E-state index in [0.717, 1.165) is 12.8 Å². The molecule has 0 saturated heterocycles. The van der Waals surface area contributed by atoms with Crippen molar-refractivity contribution >= 4 is 41.0 Å². The van der Waals surface area contributed by atoms with E-state index in [0.29, 0.717) is 5.57 Å². The minimum Gasteiger partial charge on any atom is -0.478 e. The molecule has 3 amide bonds. The summed E-state index contributed by atoms with van der Waals surface area (Å²) in [6.45, 7) is -0.589. The van der Waals surface area contributed by atoms with Crippen LogP contribution in [0.5, 0.6) is 0 Å². The van der Waals surface area contributed by atoms with Gasteiger partial charge < -0.3 is 21.1 Å². The number of halogens is 2. The number of hydrogen-bond acceptors (Lipinski definition) is 6. The van der Waals surface area contributed by atoms with Crippen molar-refractivity contribution in [3.05, 3.63) is 57.9 Å². The van der Waals surface area contributed by atoms with Gasteiger partial charge in [-0.05, 0) is 18.9 Å². The first kappa shape index (κ1) is 24.4. The molecule has 184 valence electrons. The predicted molar refractivity (Wildman–Crippen MR) is 124 cm³/mol. The van der Waals surface area contributed by atoms with Gasteiger partial charge in [0, 0.05) is 35.7 Å². The summed E-state index contributed by atoms with van der Waals surface area (Å²) in [5, 5.41) is 17.4. The molecule has 1 aromatic rings. The van der Waals surface area contributed by atoms with Crippen LogP contribution in [0.4, 0.5) is 4.39 Å².